The van der Waals surface area contributed by atoms with Crippen LogP contribution in [0.1, 0.15) is 75.2 Å². The molecule has 0 bridgehead atoms. The van der Waals surface area contributed by atoms with Gasteiger partial charge in [0.05, 0.1) is 12.1 Å². The van der Waals surface area contributed by atoms with Gasteiger partial charge in [-0.2, -0.15) is 0 Å². The molecule has 2 aliphatic heterocycles. The van der Waals surface area contributed by atoms with Crippen LogP contribution in [0.3, 0.4) is 0 Å². The molecule has 0 saturated carbocycles. The number of carbonyl (C=O) groups is 4. The number of amides is 4. The van der Waals surface area contributed by atoms with Crippen molar-refractivity contribution >= 4 is 23.6 Å². The van der Waals surface area contributed by atoms with Gasteiger partial charge in [0, 0.05) is 37.5 Å². The molecular formula is C25H44N4O4. The molecule has 2 rings (SSSR count). The second-order valence-corrected chi connectivity index (χ2v) is 12.2. The molecule has 2 saturated heterocycles. The van der Waals surface area contributed by atoms with E-state index in [1.807, 2.05) is 62.3 Å². The monoisotopic (exact) mass is 464 g/mol. The lowest BCUT2D eigenvalue weighted by atomic mass is 9.78. The lowest BCUT2D eigenvalue weighted by Gasteiger charge is -2.44. The third-order valence-electron chi connectivity index (χ3n) is 6.69. The highest BCUT2D eigenvalue weighted by atomic mass is 16.2. The van der Waals surface area contributed by atoms with Gasteiger partial charge >= 0.3 is 12.1 Å². The summed E-state index contributed by atoms with van der Waals surface area (Å²) in [5.74, 6) is -0.375. The first-order valence-corrected chi connectivity index (χ1v) is 12.2. The highest BCUT2D eigenvalue weighted by molar-refractivity contribution is 5.92. The van der Waals surface area contributed by atoms with Crippen LogP contribution < -0.4 is 10.6 Å². The Bertz CT molecular complexity index is 765. The fourth-order valence-corrected chi connectivity index (χ4v) is 5.11. The summed E-state index contributed by atoms with van der Waals surface area (Å²) >= 11 is 0. The van der Waals surface area contributed by atoms with Gasteiger partial charge in [-0.05, 0) is 23.7 Å². The summed E-state index contributed by atoms with van der Waals surface area (Å²) in [6.45, 7) is 19.1. The summed E-state index contributed by atoms with van der Waals surface area (Å²) in [4.78, 5) is 55.0. The molecule has 2 N–H and O–H groups in total. The number of rotatable bonds is 8. The van der Waals surface area contributed by atoms with Crippen LogP contribution in [-0.4, -0.2) is 71.2 Å². The highest BCUT2D eigenvalue weighted by Gasteiger charge is 2.44. The molecule has 33 heavy (non-hydrogen) atoms. The van der Waals surface area contributed by atoms with E-state index in [2.05, 4.69) is 10.6 Å². The van der Waals surface area contributed by atoms with Gasteiger partial charge in [0.25, 0.3) is 0 Å². The summed E-state index contributed by atoms with van der Waals surface area (Å²) in [5, 5.41) is 5.84. The van der Waals surface area contributed by atoms with Crippen molar-refractivity contribution in [2.24, 2.45) is 22.7 Å². The number of carbonyl (C=O) groups excluding carboxylic acids is 4. The van der Waals surface area contributed by atoms with Gasteiger partial charge in [0.15, 0.2) is 11.6 Å². The summed E-state index contributed by atoms with van der Waals surface area (Å²) in [7, 11) is 0. The average molecular weight is 465 g/mol. The second-order valence-electron chi connectivity index (χ2n) is 12.2. The zero-order chi connectivity index (χ0) is 25.3. The lowest BCUT2D eigenvalue weighted by molar-refractivity contribution is -0.130. The van der Waals surface area contributed by atoms with Crippen LogP contribution in [0.4, 0.5) is 9.59 Å². The number of ketones is 2. The van der Waals surface area contributed by atoms with Gasteiger partial charge in [-0.15, -0.1) is 0 Å². The zero-order valence-corrected chi connectivity index (χ0v) is 21.9. The van der Waals surface area contributed by atoms with Crippen molar-refractivity contribution in [2.45, 2.75) is 93.3 Å². The first-order valence-electron chi connectivity index (χ1n) is 12.2. The van der Waals surface area contributed by atoms with Crippen molar-refractivity contribution in [3.63, 3.8) is 0 Å². The first kappa shape index (κ1) is 27.1. The van der Waals surface area contributed by atoms with E-state index in [9.17, 15) is 19.2 Å². The van der Waals surface area contributed by atoms with Gasteiger partial charge in [0.1, 0.15) is 0 Å². The molecule has 4 amide bonds. The van der Waals surface area contributed by atoms with E-state index in [1.165, 1.54) is 0 Å². The Labute approximate surface area is 199 Å². The predicted molar refractivity (Wildman–Crippen MR) is 129 cm³/mol. The normalized spacial score (nSPS) is 22.7. The standard InChI is InChI=1S/C25H44N4O4/c1-15(2)18(30)20(24(4,5)6)28-12-10-17(27-23(28)33)14-16(3)19(31)21(25(7,8)9)29-13-11-26-22(29)32/h15-17,20-21H,10-14H2,1-9H3,(H,26,32)(H,27,33). The van der Waals surface area contributed by atoms with Crippen molar-refractivity contribution in [1.82, 2.24) is 20.4 Å². The van der Waals surface area contributed by atoms with E-state index >= 15 is 0 Å². The quantitative estimate of drug-likeness (QED) is 0.575. The van der Waals surface area contributed by atoms with Gasteiger partial charge < -0.3 is 20.4 Å². The molecular weight excluding hydrogens is 420 g/mol. The Hall–Kier alpha value is -2.12. The minimum Gasteiger partial charge on any atom is -0.336 e. The number of urea groups is 2. The molecule has 4 unspecified atom stereocenters. The Kier molecular flexibility index (Phi) is 8.23. The Morgan fingerprint density at radius 1 is 0.879 bits per heavy atom. The van der Waals surface area contributed by atoms with Crippen LogP contribution in [0.25, 0.3) is 0 Å². The molecule has 2 heterocycles. The summed E-state index contributed by atoms with van der Waals surface area (Å²) in [6, 6.07) is -1.59. The van der Waals surface area contributed by atoms with E-state index in [4.69, 9.17) is 0 Å². The van der Waals surface area contributed by atoms with Crippen LogP contribution in [0.2, 0.25) is 0 Å². The van der Waals surface area contributed by atoms with Crippen molar-refractivity contribution in [3.05, 3.63) is 0 Å². The third kappa shape index (κ3) is 6.27. The Morgan fingerprint density at radius 2 is 1.39 bits per heavy atom. The number of nitrogens with zero attached hydrogens (tertiary/aromatic N) is 2. The number of hydrogen-bond donors (Lipinski definition) is 2. The Balaban J connectivity index is 2.09. The minimum atomic E-state index is -0.514. The van der Waals surface area contributed by atoms with E-state index in [0.29, 0.717) is 32.5 Å². The highest BCUT2D eigenvalue weighted by Crippen LogP contribution is 2.32. The van der Waals surface area contributed by atoms with Crippen LogP contribution >= 0.6 is 0 Å². The molecule has 4 atom stereocenters. The smallest absolute Gasteiger partial charge is 0.318 e. The van der Waals surface area contributed by atoms with E-state index in [-0.39, 0.29) is 46.9 Å². The predicted octanol–water partition coefficient (Wildman–Crippen LogP) is 3.45. The average Bonchev–Trinajstić information content (AvgIpc) is 3.06. The van der Waals surface area contributed by atoms with Gasteiger partial charge in [-0.25, -0.2) is 9.59 Å². The number of hydrogen-bond acceptors (Lipinski definition) is 4. The lowest BCUT2D eigenvalue weighted by Crippen LogP contribution is -2.61. The molecule has 0 aromatic carbocycles. The molecule has 188 valence electrons. The summed E-state index contributed by atoms with van der Waals surface area (Å²) in [6.07, 6.45) is 1.18. The Morgan fingerprint density at radius 3 is 1.82 bits per heavy atom. The van der Waals surface area contributed by atoms with Gasteiger partial charge in [-0.3, -0.25) is 9.59 Å². The molecule has 8 heteroatoms. The minimum absolute atomic E-state index is 0.0267. The molecule has 0 aromatic rings. The summed E-state index contributed by atoms with van der Waals surface area (Å²) in [5.41, 5.74) is -0.762. The molecule has 0 aromatic heterocycles. The maximum absolute atomic E-state index is 13.5. The largest absolute Gasteiger partial charge is 0.336 e. The van der Waals surface area contributed by atoms with Crippen molar-refractivity contribution in [3.8, 4) is 0 Å². The van der Waals surface area contributed by atoms with Crippen LogP contribution in [0.15, 0.2) is 0 Å². The van der Waals surface area contributed by atoms with E-state index in [1.54, 1.807) is 9.80 Å². The van der Waals surface area contributed by atoms with Crippen molar-refractivity contribution < 1.29 is 19.2 Å². The van der Waals surface area contributed by atoms with Crippen molar-refractivity contribution in [2.75, 3.05) is 19.6 Å². The summed E-state index contributed by atoms with van der Waals surface area (Å²) < 4.78 is 0. The fourth-order valence-electron chi connectivity index (χ4n) is 5.11. The van der Waals surface area contributed by atoms with Gasteiger partial charge in [0.2, 0.25) is 0 Å². The molecule has 0 spiro atoms. The van der Waals surface area contributed by atoms with E-state index in [0.717, 1.165) is 0 Å². The molecule has 2 fully saturated rings. The molecule has 0 aliphatic carbocycles. The van der Waals surface area contributed by atoms with E-state index < -0.39 is 17.5 Å². The van der Waals surface area contributed by atoms with Gasteiger partial charge in [-0.1, -0.05) is 62.3 Å². The SMILES string of the molecule is CC(C)C(=O)C(N1CCC(CC(C)C(=O)C(N2CCNC2=O)C(C)(C)C)NC1=O)C(C)(C)C. The van der Waals surface area contributed by atoms with Crippen molar-refractivity contribution in [1.29, 1.82) is 0 Å². The topological polar surface area (TPSA) is 98.8 Å². The van der Waals surface area contributed by atoms with Crippen LogP contribution in [0, 0.1) is 22.7 Å². The van der Waals surface area contributed by atoms with Crippen LogP contribution in [0.5, 0.6) is 0 Å². The maximum Gasteiger partial charge on any atom is 0.318 e. The maximum atomic E-state index is 13.5. The fraction of sp³-hybridized carbons (Fsp3) is 0.840. The third-order valence-corrected chi connectivity index (χ3v) is 6.69. The number of nitrogens with one attached hydrogen (secondary N) is 2. The number of Topliss-reactive ketones (excluding diaryl/α,β-unsaturated/α-hetero) is 2. The molecule has 0 radical (unpaired) electrons. The van der Waals surface area contributed by atoms with Crippen LogP contribution in [-0.2, 0) is 9.59 Å². The molecule has 2 aliphatic rings. The zero-order valence-electron chi connectivity index (χ0n) is 21.9. The second kappa shape index (κ2) is 10.0. The first-order chi connectivity index (χ1) is 15.1. The molecule has 8 nitrogen and oxygen atoms in total.